The van der Waals surface area contributed by atoms with Crippen molar-refractivity contribution in [3.05, 3.63) is 35.8 Å². The van der Waals surface area contributed by atoms with Gasteiger partial charge in [-0.15, -0.1) is 0 Å². The number of amides is 2. The van der Waals surface area contributed by atoms with E-state index in [1.807, 2.05) is 6.20 Å². The van der Waals surface area contributed by atoms with E-state index in [0.29, 0.717) is 19.4 Å². The van der Waals surface area contributed by atoms with E-state index < -0.39 is 11.9 Å². The zero-order valence-corrected chi connectivity index (χ0v) is 13.8. The quantitative estimate of drug-likeness (QED) is 0.680. The molecule has 0 saturated carbocycles. The normalized spacial score (nSPS) is 12.1. The molecule has 24 heavy (non-hydrogen) atoms. The van der Waals surface area contributed by atoms with Crippen LogP contribution < -0.4 is 5.32 Å². The molecule has 0 aliphatic carbocycles. The van der Waals surface area contributed by atoms with E-state index in [4.69, 9.17) is 5.11 Å². The SMILES string of the molecule is CC(CN(C)C(=O)NCCCc1c[nH]c2ccc(F)cc12)C(=O)O. The molecule has 2 rings (SSSR count). The van der Waals surface area contributed by atoms with Crippen LogP contribution in [0.15, 0.2) is 24.4 Å². The Bertz CT molecular complexity index is 729. The van der Waals surface area contributed by atoms with Crippen molar-refractivity contribution in [1.82, 2.24) is 15.2 Å². The molecule has 1 atom stereocenters. The van der Waals surface area contributed by atoms with Gasteiger partial charge in [-0.05, 0) is 36.6 Å². The van der Waals surface area contributed by atoms with Crippen LogP contribution in [0.1, 0.15) is 18.9 Å². The largest absolute Gasteiger partial charge is 0.481 e. The average molecular weight is 335 g/mol. The predicted molar refractivity (Wildman–Crippen MR) is 89.4 cm³/mol. The van der Waals surface area contributed by atoms with Gasteiger partial charge in [0.25, 0.3) is 0 Å². The van der Waals surface area contributed by atoms with E-state index in [2.05, 4.69) is 10.3 Å². The summed E-state index contributed by atoms with van der Waals surface area (Å²) in [6.45, 7) is 2.18. The number of halogens is 1. The number of aliphatic carboxylic acids is 1. The van der Waals surface area contributed by atoms with Crippen LogP contribution in [0.2, 0.25) is 0 Å². The van der Waals surface area contributed by atoms with Crippen LogP contribution in [0.3, 0.4) is 0 Å². The average Bonchev–Trinajstić information content (AvgIpc) is 2.93. The lowest BCUT2D eigenvalue weighted by Gasteiger charge is -2.19. The summed E-state index contributed by atoms with van der Waals surface area (Å²) in [5.74, 6) is -1.81. The summed E-state index contributed by atoms with van der Waals surface area (Å²) in [4.78, 5) is 27.1. The third-order valence-corrected chi connectivity index (χ3v) is 3.94. The molecule has 0 radical (unpaired) electrons. The third kappa shape index (κ3) is 4.47. The molecule has 0 fully saturated rings. The number of nitrogens with one attached hydrogen (secondary N) is 2. The molecule has 0 aliphatic heterocycles. The molecule has 7 heteroatoms. The first kappa shape index (κ1) is 17.8. The van der Waals surface area contributed by atoms with Crippen LogP contribution in [0, 0.1) is 11.7 Å². The maximum Gasteiger partial charge on any atom is 0.317 e. The minimum Gasteiger partial charge on any atom is -0.481 e. The first-order valence-corrected chi connectivity index (χ1v) is 7.85. The number of hydrogen-bond acceptors (Lipinski definition) is 2. The van der Waals surface area contributed by atoms with Crippen LogP contribution in [-0.4, -0.2) is 47.1 Å². The molecule has 1 unspecified atom stereocenters. The highest BCUT2D eigenvalue weighted by molar-refractivity contribution is 5.83. The highest BCUT2D eigenvalue weighted by atomic mass is 19.1. The molecule has 0 saturated heterocycles. The summed E-state index contributed by atoms with van der Waals surface area (Å²) in [6.07, 6.45) is 3.27. The Labute approximate surface area is 139 Å². The molecule has 130 valence electrons. The number of aromatic nitrogens is 1. The lowest BCUT2D eigenvalue weighted by molar-refractivity contribution is -0.141. The van der Waals surface area contributed by atoms with Gasteiger partial charge in [0.2, 0.25) is 0 Å². The van der Waals surface area contributed by atoms with Gasteiger partial charge in [0.05, 0.1) is 5.92 Å². The van der Waals surface area contributed by atoms with Crippen molar-refractivity contribution in [1.29, 1.82) is 0 Å². The lowest BCUT2D eigenvalue weighted by atomic mass is 10.1. The number of aromatic amines is 1. The van der Waals surface area contributed by atoms with Crippen molar-refractivity contribution >= 4 is 22.9 Å². The van der Waals surface area contributed by atoms with Crippen LogP contribution in [0.4, 0.5) is 9.18 Å². The monoisotopic (exact) mass is 335 g/mol. The molecular weight excluding hydrogens is 313 g/mol. The highest BCUT2D eigenvalue weighted by Crippen LogP contribution is 2.20. The Balaban J connectivity index is 1.78. The van der Waals surface area contributed by atoms with Crippen LogP contribution in [0.25, 0.3) is 10.9 Å². The first-order valence-electron chi connectivity index (χ1n) is 7.85. The van der Waals surface area contributed by atoms with Gasteiger partial charge in [-0.2, -0.15) is 0 Å². The fourth-order valence-electron chi connectivity index (χ4n) is 2.54. The second-order valence-corrected chi connectivity index (χ2v) is 5.96. The van der Waals surface area contributed by atoms with E-state index in [1.165, 1.54) is 17.0 Å². The summed E-state index contributed by atoms with van der Waals surface area (Å²) >= 11 is 0. The minimum absolute atomic E-state index is 0.156. The molecule has 6 nitrogen and oxygen atoms in total. The minimum atomic E-state index is -0.929. The number of carboxylic acids is 1. The smallest absolute Gasteiger partial charge is 0.317 e. The van der Waals surface area contributed by atoms with Crippen LogP contribution in [0.5, 0.6) is 0 Å². The fraction of sp³-hybridized carbons (Fsp3) is 0.412. The van der Waals surface area contributed by atoms with Crippen molar-refractivity contribution < 1.29 is 19.1 Å². The van der Waals surface area contributed by atoms with Crippen LogP contribution in [-0.2, 0) is 11.2 Å². The van der Waals surface area contributed by atoms with Crippen molar-refractivity contribution in [2.75, 3.05) is 20.1 Å². The molecule has 2 amide bonds. The Morgan fingerprint density at radius 3 is 2.88 bits per heavy atom. The predicted octanol–water partition coefficient (Wildman–Crippen LogP) is 2.60. The van der Waals surface area contributed by atoms with Gasteiger partial charge >= 0.3 is 12.0 Å². The zero-order valence-electron chi connectivity index (χ0n) is 13.8. The Kier molecular flexibility index (Phi) is 5.78. The van der Waals surface area contributed by atoms with Crippen LogP contribution >= 0.6 is 0 Å². The summed E-state index contributed by atoms with van der Waals surface area (Å²) in [7, 11) is 1.57. The van der Waals surface area contributed by atoms with Gasteiger partial charge in [-0.1, -0.05) is 6.92 Å². The van der Waals surface area contributed by atoms with Gasteiger partial charge in [-0.3, -0.25) is 4.79 Å². The zero-order chi connectivity index (χ0) is 17.7. The number of carbonyl (C=O) groups excluding carboxylic acids is 1. The Morgan fingerprint density at radius 1 is 1.42 bits per heavy atom. The molecule has 2 aromatic rings. The number of fused-ring (bicyclic) bond motifs is 1. The third-order valence-electron chi connectivity index (χ3n) is 3.94. The fourth-order valence-corrected chi connectivity index (χ4v) is 2.54. The van der Waals surface area contributed by atoms with E-state index in [9.17, 15) is 14.0 Å². The van der Waals surface area contributed by atoms with E-state index >= 15 is 0 Å². The van der Waals surface area contributed by atoms with E-state index in [1.54, 1.807) is 20.0 Å². The number of nitrogens with zero attached hydrogens (tertiary/aromatic N) is 1. The Hall–Kier alpha value is -2.57. The topological polar surface area (TPSA) is 85.4 Å². The second-order valence-electron chi connectivity index (χ2n) is 5.96. The maximum atomic E-state index is 13.3. The first-order chi connectivity index (χ1) is 11.4. The summed E-state index contributed by atoms with van der Waals surface area (Å²) in [5.41, 5.74) is 1.89. The van der Waals surface area contributed by atoms with Gasteiger partial charge in [0.15, 0.2) is 0 Å². The van der Waals surface area contributed by atoms with Crippen molar-refractivity contribution in [2.45, 2.75) is 19.8 Å². The van der Waals surface area contributed by atoms with E-state index in [-0.39, 0.29) is 18.4 Å². The maximum absolute atomic E-state index is 13.3. The molecule has 0 spiro atoms. The van der Waals surface area contributed by atoms with Gasteiger partial charge in [0.1, 0.15) is 5.82 Å². The number of carbonyl (C=O) groups is 2. The highest BCUT2D eigenvalue weighted by Gasteiger charge is 2.16. The van der Waals surface area contributed by atoms with E-state index in [0.717, 1.165) is 16.5 Å². The molecular formula is C17H22FN3O3. The Morgan fingerprint density at radius 2 is 2.17 bits per heavy atom. The summed E-state index contributed by atoms with van der Waals surface area (Å²) in [6, 6.07) is 4.32. The summed E-state index contributed by atoms with van der Waals surface area (Å²) < 4.78 is 13.3. The molecule has 1 heterocycles. The molecule has 0 bridgehead atoms. The number of hydrogen-bond donors (Lipinski definition) is 3. The van der Waals surface area contributed by atoms with Gasteiger partial charge in [0, 0.05) is 37.2 Å². The molecule has 1 aromatic heterocycles. The lowest BCUT2D eigenvalue weighted by Crippen LogP contribution is -2.41. The van der Waals surface area contributed by atoms with Gasteiger partial charge < -0.3 is 20.3 Å². The second kappa shape index (κ2) is 7.81. The number of aryl methyl sites for hydroxylation is 1. The molecule has 0 aliphatic rings. The van der Waals surface area contributed by atoms with Gasteiger partial charge in [-0.25, -0.2) is 9.18 Å². The summed E-state index contributed by atoms with van der Waals surface area (Å²) in [5, 5.41) is 12.5. The molecule has 3 N–H and O–H groups in total. The number of urea groups is 1. The standard InChI is InChI=1S/C17H22FN3O3/c1-11(16(22)23)10-21(2)17(24)19-7-3-4-12-9-20-15-6-5-13(18)8-14(12)15/h5-6,8-9,11,20H,3-4,7,10H2,1-2H3,(H,19,24)(H,22,23). The number of benzene rings is 1. The number of carboxylic acid groups (broad SMARTS) is 1. The van der Waals surface area contributed by atoms with Crippen molar-refractivity contribution in [3.8, 4) is 0 Å². The number of rotatable bonds is 7. The van der Waals surface area contributed by atoms with Crippen molar-refractivity contribution in [2.24, 2.45) is 5.92 Å². The number of H-pyrrole nitrogens is 1. The van der Waals surface area contributed by atoms with Crippen molar-refractivity contribution in [3.63, 3.8) is 0 Å². The molecule has 1 aromatic carbocycles.